The molecule has 5 nitrogen and oxygen atoms in total. The van der Waals surface area contributed by atoms with Gasteiger partial charge in [-0.1, -0.05) is 24.3 Å². The zero-order valence-corrected chi connectivity index (χ0v) is 18.2. The Bertz CT molecular complexity index is 1140. The smallest absolute Gasteiger partial charge is 0.224 e. The lowest BCUT2D eigenvalue weighted by molar-refractivity contribution is -0.121. The number of fused-ring (bicyclic) bond motifs is 2. The Kier molecular flexibility index (Phi) is 5.14. The first-order chi connectivity index (χ1) is 15.0. The van der Waals surface area contributed by atoms with E-state index in [0.717, 1.165) is 59.3 Å². The van der Waals surface area contributed by atoms with Gasteiger partial charge in [0, 0.05) is 24.7 Å². The molecule has 0 saturated carbocycles. The SMILES string of the molecule is Cc1c(CO)ccc(CC(=O)N[C@@H]2CCc3ccc(-c4cn5c(n4)CCC5)cc32)c1C. The molecule has 2 N–H and O–H groups in total. The van der Waals surface area contributed by atoms with Crippen LogP contribution in [0.2, 0.25) is 0 Å². The maximum atomic E-state index is 12.9. The molecule has 0 bridgehead atoms. The molecule has 5 rings (SSSR count). The summed E-state index contributed by atoms with van der Waals surface area (Å²) >= 11 is 0. The largest absolute Gasteiger partial charge is 0.392 e. The third kappa shape index (κ3) is 3.68. The van der Waals surface area contributed by atoms with Crippen molar-refractivity contribution in [2.24, 2.45) is 0 Å². The number of rotatable bonds is 5. The Labute approximate surface area is 183 Å². The van der Waals surface area contributed by atoms with Crippen molar-refractivity contribution in [2.45, 2.75) is 65.1 Å². The first-order valence-corrected chi connectivity index (χ1v) is 11.2. The Morgan fingerprint density at radius 3 is 2.77 bits per heavy atom. The summed E-state index contributed by atoms with van der Waals surface area (Å²) in [6, 6.07) is 10.5. The maximum Gasteiger partial charge on any atom is 0.224 e. The minimum atomic E-state index is 0.0279. The van der Waals surface area contributed by atoms with Crippen LogP contribution < -0.4 is 5.32 Å². The normalized spacial score (nSPS) is 16.9. The van der Waals surface area contributed by atoms with Gasteiger partial charge >= 0.3 is 0 Å². The Morgan fingerprint density at radius 2 is 1.97 bits per heavy atom. The summed E-state index contributed by atoms with van der Waals surface area (Å²) < 4.78 is 2.26. The van der Waals surface area contributed by atoms with E-state index in [1.807, 2.05) is 26.0 Å². The zero-order valence-electron chi connectivity index (χ0n) is 18.2. The summed E-state index contributed by atoms with van der Waals surface area (Å²) in [4.78, 5) is 17.7. The summed E-state index contributed by atoms with van der Waals surface area (Å²) in [5.74, 6) is 1.22. The molecule has 1 amide bonds. The van der Waals surface area contributed by atoms with E-state index in [0.29, 0.717) is 6.42 Å². The monoisotopic (exact) mass is 415 g/mol. The number of nitrogens with zero attached hydrogens (tertiary/aromatic N) is 2. The van der Waals surface area contributed by atoms with Crippen LogP contribution in [0.3, 0.4) is 0 Å². The van der Waals surface area contributed by atoms with E-state index < -0.39 is 0 Å². The average Bonchev–Trinajstić information content (AvgIpc) is 3.46. The number of amides is 1. The van der Waals surface area contributed by atoms with Crippen molar-refractivity contribution in [3.63, 3.8) is 0 Å². The number of hydrogen-bond donors (Lipinski definition) is 2. The van der Waals surface area contributed by atoms with Gasteiger partial charge < -0.3 is 15.0 Å². The van der Waals surface area contributed by atoms with Gasteiger partial charge in [0.15, 0.2) is 0 Å². The number of hydrogen-bond acceptors (Lipinski definition) is 3. The van der Waals surface area contributed by atoms with Gasteiger partial charge in [0.2, 0.25) is 5.91 Å². The molecule has 1 aromatic heterocycles. The van der Waals surface area contributed by atoms with Gasteiger partial charge in [0.05, 0.1) is 24.8 Å². The number of imidazole rings is 1. The number of aryl methyl sites for hydroxylation is 3. The van der Waals surface area contributed by atoms with Gasteiger partial charge in [-0.3, -0.25) is 4.79 Å². The van der Waals surface area contributed by atoms with Gasteiger partial charge in [0.1, 0.15) is 5.82 Å². The molecule has 31 heavy (non-hydrogen) atoms. The molecule has 160 valence electrons. The second kappa shape index (κ2) is 7.97. The number of nitrogens with one attached hydrogen (secondary N) is 1. The Hall–Kier alpha value is -2.92. The van der Waals surface area contributed by atoms with Crippen LogP contribution in [-0.2, 0) is 37.2 Å². The second-order valence-electron chi connectivity index (χ2n) is 8.88. The molecule has 0 fully saturated rings. The molecule has 1 aliphatic carbocycles. The van der Waals surface area contributed by atoms with Crippen LogP contribution in [0.15, 0.2) is 36.5 Å². The minimum Gasteiger partial charge on any atom is -0.392 e. The third-order valence-corrected chi connectivity index (χ3v) is 7.05. The van der Waals surface area contributed by atoms with Crippen LogP contribution >= 0.6 is 0 Å². The fourth-order valence-electron chi connectivity index (χ4n) is 5.02. The lowest BCUT2D eigenvalue weighted by Crippen LogP contribution is -2.28. The summed E-state index contributed by atoms with van der Waals surface area (Å²) in [6.45, 7) is 5.11. The molecular weight excluding hydrogens is 386 g/mol. The fraction of sp³-hybridized carbons (Fsp3) is 0.385. The van der Waals surface area contributed by atoms with Gasteiger partial charge in [-0.05, 0) is 72.6 Å². The van der Waals surface area contributed by atoms with Gasteiger partial charge in [-0.15, -0.1) is 0 Å². The highest BCUT2D eigenvalue weighted by atomic mass is 16.3. The number of carbonyl (C=O) groups is 1. The molecule has 0 spiro atoms. The van der Waals surface area contributed by atoms with E-state index in [4.69, 9.17) is 4.98 Å². The molecule has 0 radical (unpaired) electrons. The van der Waals surface area contributed by atoms with Gasteiger partial charge in [-0.2, -0.15) is 0 Å². The minimum absolute atomic E-state index is 0.0279. The number of benzene rings is 2. The summed E-state index contributed by atoms with van der Waals surface area (Å²) in [7, 11) is 0. The molecule has 2 aliphatic rings. The molecule has 2 aromatic carbocycles. The number of carbonyl (C=O) groups excluding carboxylic acids is 1. The number of aliphatic hydroxyl groups is 1. The second-order valence-corrected chi connectivity index (χ2v) is 8.88. The molecule has 0 saturated heterocycles. The van der Waals surface area contributed by atoms with Crippen molar-refractivity contribution in [2.75, 3.05) is 0 Å². The maximum absolute atomic E-state index is 12.9. The summed E-state index contributed by atoms with van der Waals surface area (Å²) in [5, 5.41) is 12.7. The predicted octanol–water partition coefficient (Wildman–Crippen LogP) is 3.95. The zero-order chi connectivity index (χ0) is 21.5. The van der Waals surface area contributed by atoms with Crippen LogP contribution in [0.5, 0.6) is 0 Å². The average molecular weight is 416 g/mol. The van der Waals surface area contributed by atoms with Crippen molar-refractivity contribution < 1.29 is 9.90 Å². The summed E-state index contributed by atoms with van der Waals surface area (Å²) in [6.07, 6.45) is 6.69. The lowest BCUT2D eigenvalue weighted by atomic mass is 9.96. The highest BCUT2D eigenvalue weighted by Crippen LogP contribution is 2.35. The fourth-order valence-corrected chi connectivity index (χ4v) is 5.02. The lowest BCUT2D eigenvalue weighted by Gasteiger charge is -2.17. The van der Waals surface area contributed by atoms with Crippen molar-refractivity contribution in [3.05, 3.63) is 75.7 Å². The van der Waals surface area contributed by atoms with Crippen LogP contribution in [0, 0.1) is 13.8 Å². The molecule has 3 aromatic rings. The Morgan fingerprint density at radius 1 is 1.16 bits per heavy atom. The molecule has 5 heteroatoms. The van der Waals surface area contributed by atoms with Crippen LogP contribution in [-0.4, -0.2) is 20.6 Å². The molecule has 0 unspecified atom stereocenters. The number of aliphatic hydroxyl groups excluding tert-OH is 1. The van der Waals surface area contributed by atoms with E-state index >= 15 is 0 Å². The van der Waals surface area contributed by atoms with E-state index in [1.54, 1.807) is 0 Å². The van der Waals surface area contributed by atoms with Crippen molar-refractivity contribution in [1.29, 1.82) is 0 Å². The van der Waals surface area contributed by atoms with Crippen LogP contribution in [0.1, 0.15) is 58.1 Å². The van der Waals surface area contributed by atoms with Crippen molar-refractivity contribution >= 4 is 5.91 Å². The third-order valence-electron chi connectivity index (χ3n) is 7.05. The molecule has 1 aliphatic heterocycles. The van der Waals surface area contributed by atoms with Gasteiger partial charge in [0.25, 0.3) is 0 Å². The van der Waals surface area contributed by atoms with E-state index in [2.05, 4.69) is 34.3 Å². The van der Waals surface area contributed by atoms with E-state index in [9.17, 15) is 9.90 Å². The van der Waals surface area contributed by atoms with Gasteiger partial charge in [-0.25, -0.2) is 4.98 Å². The Balaban J connectivity index is 1.33. The quantitative estimate of drug-likeness (QED) is 0.663. The molecule has 1 atom stereocenters. The van der Waals surface area contributed by atoms with Crippen molar-refractivity contribution in [3.8, 4) is 11.3 Å². The highest BCUT2D eigenvalue weighted by molar-refractivity contribution is 5.80. The molecule has 2 heterocycles. The standard InChI is InChI=1S/C26H29N3O2/c1-16-17(2)21(15-30)8-6-19(16)13-26(31)28-23-10-9-18-5-7-20(12-22(18)23)24-14-29-11-3-4-25(29)27-24/h5-8,12,14,23,30H,3-4,9-11,13,15H2,1-2H3,(H,28,31)/t23-/m1/s1. The van der Waals surface area contributed by atoms with E-state index in [-0.39, 0.29) is 18.6 Å². The first kappa shape index (κ1) is 20.0. The highest BCUT2D eigenvalue weighted by Gasteiger charge is 2.25. The summed E-state index contributed by atoms with van der Waals surface area (Å²) in [5.41, 5.74) is 8.80. The van der Waals surface area contributed by atoms with Crippen molar-refractivity contribution in [1.82, 2.24) is 14.9 Å². The molecular formula is C26H29N3O2. The topological polar surface area (TPSA) is 67.2 Å². The first-order valence-electron chi connectivity index (χ1n) is 11.2. The van der Waals surface area contributed by atoms with Crippen LogP contribution in [0.25, 0.3) is 11.3 Å². The predicted molar refractivity (Wildman–Crippen MR) is 121 cm³/mol. The number of aromatic nitrogens is 2. The van der Waals surface area contributed by atoms with E-state index in [1.165, 1.54) is 23.4 Å². The van der Waals surface area contributed by atoms with Crippen LogP contribution in [0.4, 0.5) is 0 Å².